The molecule has 31 heavy (non-hydrogen) atoms. The van der Waals surface area contributed by atoms with Crippen LogP contribution in [-0.2, 0) is 17.8 Å². The molecular formula is C24H28FN3O3. The van der Waals surface area contributed by atoms with Crippen LogP contribution in [-0.4, -0.2) is 42.6 Å². The molecule has 3 amide bonds. The van der Waals surface area contributed by atoms with Gasteiger partial charge in [0.25, 0.3) is 0 Å². The number of amides is 3. The first-order chi connectivity index (χ1) is 14.9. The van der Waals surface area contributed by atoms with E-state index in [1.54, 1.807) is 17.0 Å². The SMILES string of the molecule is C[C@@]1(C(=O)NCc2ccc(F)cc2)CCCN(C(=O)N[C@@H]2COc3ccccc3C2)C1. The molecule has 0 spiro atoms. The monoisotopic (exact) mass is 425 g/mol. The molecule has 2 aromatic rings. The van der Waals surface area contributed by atoms with Gasteiger partial charge in [0.05, 0.1) is 11.5 Å². The fourth-order valence-corrected chi connectivity index (χ4v) is 4.28. The summed E-state index contributed by atoms with van der Waals surface area (Å²) in [6, 6.07) is 13.7. The number of hydrogen-bond donors (Lipinski definition) is 2. The Balaban J connectivity index is 1.32. The summed E-state index contributed by atoms with van der Waals surface area (Å²) in [5, 5.41) is 6.00. The van der Waals surface area contributed by atoms with Gasteiger partial charge in [0.15, 0.2) is 0 Å². The zero-order valence-electron chi connectivity index (χ0n) is 17.7. The third-order valence-corrected chi connectivity index (χ3v) is 6.10. The minimum atomic E-state index is -0.661. The maximum Gasteiger partial charge on any atom is 0.317 e. The van der Waals surface area contributed by atoms with E-state index >= 15 is 0 Å². The lowest BCUT2D eigenvalue weighted by molar-refractivity contribution is -0.132. The van der Waals surface area contributed by atoms with E-state index in [4.69, 9.17) is 4.74 Å². The number of halogens is 1. The van der Waals surface area contributed by atoms with E-state index in [9.17, 15) is 14.0 Å². The Morgan fingerprint density at radius 3 is 2.77 bits per heavy atom. The van der Waals surface area contributed by atoms with Gasteiger partial charge in [-0.05, 0) is 55.5 Å². The zero-order chi connectivity index (χ0) is 21.8. The molecule has 2 aromatic carbocycles. The quantitative estimate of drug-likeness (QED) is 0.790. The molecule has 1 fully saturated rings. The summed E-state index contributed by atoms with van der Waals surface area (Å²) in [7, 11) is 0. The van der Waals surface area contributed by atoms with Gasteiger partial charge in [-0.3, -0.25) is 4.79 Å². The molecule has 0 saturated carbocycles. The van der Waals surface area contributed by atoms with Gasteiger partial charge in [0.2, 0.25) is 5.91 Å². The number of carbonyl (C=O) groups excluding carboxylic acids is 2. The van der Waals surface area contributed by atoms with Crippen LogP contribution in [0.4, 0.5) is 9.18 Å². The highest BCUT2D eigenvalue weighted by atomic mass is 19.1. The van der Waals surface area contributed by atoms with Crippen LogP contribution < -0.4 is 15.4 Å². The van der Waals surface area contributed by atoms with E-state index in [0.29, 0.717) is 32.7 Å². The average molecular weight is 426 g/mol. The molecule has 2 N–H and O–H groups in total. The maximum atomic E-state index is 13.1. The molecule has 2 aliphatic heterocycles. The Morgan fingerprint density at radius 2 is 1.97 bits per heavy atom. The molecule has 2 aliphatic rings. The summed E-state index contributed by atoms with van der Waals surface area (Å²) >= 11 is 0. The highest BCUT2D eigenvalue weighted by molar-refractivity contribution is 5.84. The van der Waals surface area contributed by atoms with Crippen LogP contribution in [0.15, 0.2) is 48.5 Å². The predicted octanol–water partition coefficient (Wildman–Crippen LogP) is 3.26. The van der Waals surface area contributed by atoms with Gasteiger partial charge in [-0.25, -0.2) is 9.18 Å². The molecule has 6 nitrogen and oxygen atoms in total. The molecule has 2 atom stereocenters. The average Bonchev–Trinajstić information content (AvgIpc) is 2.78. The first kappa shape index (κ1) is 21.2. The molecule has 0 bridgehead atoms. The highest BCUT2D eigenvalue weighted by Crippen LogP contribution is 2.30. The second kappa shape index (κ2) is 8.96. The lowest BCUT2D eigenvalue weighted by Gasteiger charge is -2.40. The van der Waals surface area contributed by atoms with Crippen LogP contribution in [0.25, 0.3) is 0 Å². The summed E-state index contributed by atoms with van der Waals surface area (Å²) in [6.45, 7) is 3.65. The Labute approximate surface area is 181 Å². The topological polar surface area (TPSA) is 70.7 Å². The number of likely N-dealkylation sites (tertiary alicyclic amines) is 1. The number of benzene rings is 2. The van der Waals surface area contributed by atoms with E-state index in [-0.39, 0.29) is 23.8 Å². The van der Waals surface area contributed by atoms with Crippen LogP contribution in [0.5, 0.6) is 5.75 Å². The second-order valence-electron chi connectivity index (χ2n) is 8.66. The van der Waals surface area contributed by atoms with Gasteiger partial charge in [-0.2, -0.15) is 0 Å². The van der Waals surface area contributed by atoms with Gasteiger partial charge < -0.3 is 20.3 Å². The molecule has 1 saturated heterocycles. The van der Waals surface area contributed by atoms with Crippen molar-refractivity contribution in [3.8, 4) is 5.75 Å². The van der Waals surface area contributed by atoms with Crippen molar-refractivity contribution in [3.05, 3.63) is 65.5 Å². The minimum Gasteiger partial charge on any atom is -0.491 e. The summed E-state index contributed by atoms with van der Waals surface area (Å²) in [5.41, 5.74) is 1.26. The van der Waals surface area contributed by atoms with E-state index in [1.165, 1.54) is 12.1 Å². The normalized spacial score (nSPS) is 22.8. The van der Waals surface area contributed by atoms with E-state index in [2.05, 4.69) is 10.6 Å². The number of carbonyl (C=O) groups is 2. The summed E-state index contributed by atoms with van der Waals surface area (Å²) in [4.78, 5) is 27.5. The second-order valence-corrected chi connectivity index (χ2v) is 8.66. The predicted molar refractivity (Wildman–Crippen MR) is 115 cm³/mol. The molecule has 7 heteroatoms. The Bertz CT molecular complexity index is 949. The van der Waals surface area contributed by atoms with Crippen molar-refractivity contribution < 1.29 is 18.7 Å². The summed E-state index contributed by atoms with van der Waals surface area (Å²) in [6.07, 6.45) is 2.20. The fraction of sp³-hybridized carbons (Fsp3) is 0.417. The van der Waals surface area contributed by atoms with Crippen LogP contribution >= 0.6 is 0 Å². The van der Waals surface area contributed by atoms with Crippen LogP contribution in [0.2, 0.25) is 0 Å². The van der Waals surface area contributed by atoms with Crippen LogP contribution in [0.3, 0.4) is 0 Å². The summed E-state index contributed by atoms with van der Waals surface area (Å²) in [5.74, 6) is 0.475. The zero-order valence-corrected chi connectivity index (χ0v) is 17.7. The number of rotatable bonds is 4. The first-order valence-corrected chi connectivity index (χ1v) is 10.7. The van der Waals surface area contributed by atoms with Gasteiger partial charge in [0.1, 0.15) is 18.2 Å². The highest BCUT2D eigenvalue weighted by Gasteiger charge is 2.39. The molecule has 164 valence electrons. The lowest BCUT2D eigenvalue weighted by Crippen LogP contribution is -2.56. The Hall–Kier alpha value is -3.09. The number of urea groups is 1. The molecule has 4 rings (SSSR count). The molecule has 0 aliphatic carbocycles. The standard InChI is InChI=1S/C24H28FN3O3/c1-24(22(29)26-14-17-7-9-19(25)10-8-17)11-4-12-28(16-24)23(30)27-20-13-18-5-2-3-6-21(18)31-15-20/h2-3,5-10,20H,4,11-16H2,1H3,(H,26,29)(H,27,30)/t20-,24+/m0/s1. The Kier molecular flexibility index (Phi) is 6.11. The van der Waals surface area contributed by atoms with Crippen LogP contribution in [0.1, 0.15) is 30.9 Å². The van der Waals surface area contributed by atoms with Crippen LogP contribution in [0, 0.1) is 11.2 Å². The first-order valence-electron chi connectivity index (χ1n) is 10.7. The molecule has 2 heterocycles. The minimum absolute atomic E-state index is 0.0933. The van der Waals surface area contributed by atoms with Crippen molar-refractivity contribution in [2.45, 2.75) is 38.8 Å². The number of ether oxygens (including phenoxy) is 1. The maximum absolute atomic E-state index is 13.1. The van der Waals surface area contributed by atoms with Crippen molar-refractivity contribution in [1.82, 2.24) is 15.5 Å². The lowest BCUT2D eigenvalue weighted by atomic mass is 9.81. The number of hydrogen-bond acceptors (Lipinski definition) is 3. The van der Waals surface area contributed by atoms with Crippen molar-refractivity contribution in [1.29, 1.82) is 0 Å². The number of nitrogens with zero attached hydrogens (tertiary/aromatic N) is 1. The van der Waals surface area contributed by atoms with Crippen molar-refractivity contribution in [2.24, 2.45) is 5.41 Å². The molecule has 0 radical (unpaired) electrons. The van der Waals surface area contributed by atoms with Crippen molar-refractivity contribution >= 4 is 11.9 Å². The van der Waals surface area contributed by atoms with Gasteiger partial charge in [-0.15, -0.1) is 0 Å². The molecular weight excluding hydrogens is 397 g/mol. The number of nitrogens with one attached hydrogen (secondary N) is 2. The van der Waals surface area contributed by atoms with Gasteiger partial charge in [0, 0.05) is 19.6 Å². The summed E-state index contributed by atoms with van der Waals surface area (Å²) < 4.78 is 18.8. The van der Waals surface area contributed by atoms with E-state index in [1.807, 2.05) is 31.2 Å². The van der Waals surface area contributed by atoms with Gasteiger partial charge >= 0.3 is 6.03 Å². The van der Waals surface area contributed by atoms with Crippen molar-refractivity contribution in [3.63, 3.8) is 0 Å². The number of piperidine rings is 1. The third kappa shape index (κ3) is 4.98. The van der Waals surface area contributed by atoms with E-state index < -0.39 is 5.41 Å². The third-order valence-electron chi connectivity index (χ3n) is 6.10. The Morgan fingerprint density at radius 1 is 1.19 bits per heavy atom. The largest absolute Gasteiger partial charge is 0.491 e. The smallest absolute Gasteiger partial charge is 0.317 e. The molecule has 0 aromatic heterocycles. The fourth-order valence-electron chi connectivity index (χ4n) is 4.28. The van der Waals surface area contributed by atoms with Gasteiger partial charge in [-0.1, -0.05) is 30.3 Å². The van der Waals surface area contributed by atoms with E-state index in [0.717, 1.165) is 29.7 Å². The molecule has 0 unspecified atom stereocenters. The van der Waals surface area contributed by atoms with Crippen molar-refractivity contribution in [2.75, 3.05) is 19.7 Å². The number of para-hydroxylation sites is 1. The number of fused-ring (bicyclic) bond motifs is 1.